The van der Waals surface area contributed by atoms with E-state index in [1.54, 1.807) is 0 Å². The molecule has 0 atom stereocenters. The monoisotopic (exact) mass is 1900 g/mol. The molecule has 4 rings (SSSR count). The van der Waals surface area contributed by atoms with Crippen LogP contribution in [0.25, 0.3) is 94.0 Å². The molecule has 0 aliphatic heterocycles. The molecule has 4 aromatic carbocycles. The Morgan fingerprint density at radius 1 is 0.207 bits per heavy atom. The lowest BCUT2D eigenvalue weighted by Gasteiger charge is -2.20. The maximum absolute atomic E-state index is 14.3. The molecule has 736 valence electrons. The number of ketones is 1. The summed E-state index contributed by atoms with van der Waals surface area (Å²) in [6.07, 6.45) is 0. The number of nitrogens with one attached hydrogen (secondary N) is 3. The minimum absolute atomic E-state index is 0.00373. The highest BCUT2D eigenvalue weighted by Gasteiger charge is 2.25. The van der Waals surface area contributed by atoms with Crippen LogP contribution in [0.3, 0.4) is 0 Å². The topological polar surface area (TPSA) is 765 Å². The molecular weight excluding hydrogens is 1790 g/mol. The van der Waals surface area contributed by atoms with Crippen molar-refractivity contribution in [2.75, 3.05) is 316 Å². The molecular formula is C77H110N30O28. The zero-order chi connectivity index (χ0) is 97.0. The Hall–Kier alpha value is -14.1. The van der Waals surface area contributed by atoms with Gasteiger partial charge in [0.05, 0.1) is 224 Å². The predicted octanol–water partition coefficient (Wildman–Crippen LogP) is 10.7. The average molecular weight is 1900 g/mol. The van der Waals surface area contributed by atoms with Crippen LogP contribution >= 0.6 is 0 Å². The first-order chi connectivity index (χ1) is 66.4. The fourth-order valence-electron chi connectivity index (χ4n) is 10.4. The summed E-state index contributed by atoms with van der Waals surface area (Å²) < 4.78 is 141. The van der Waals surface area contributed by atoms with Gasteiger partial charge >= 0.3 is 0 Å². The molecule has 3 N–H and O–H groups in total. The normalized spacial score (nSPS) is 10.4. The van der Waals surface area contributed by atoms with Crippen LogP contribution in [0.5, 0.6) is 69.0 Å². The SMILES string of the molecule is CC(=O)c1cc(OCCNC(=O)c2cc(OCCN=[N+]=[N-])c(OCCN=[N+]=[N-])c(OCCN=[N+]=[N-])c2)c(OCCOCCOCCNC(=O)c2cc(OCCOCCOCCN=[N+]=[N-])c(OCCOCCOCCN=[N+]=[N-])c(OCCOCCOCCN=[N+]=[N-])c2)c(OCCNC(=O)c2cc(OCCN=[N+]=[N-])c(OCCOCCOCCN=[N+]=[N-])c(OCCOCCOCCN=[N+]=[N-])c2)c1. The Bertz CT molecular complexity index is 4490. The van der Waals surface area contributed by atoms with Crippen LogP contribution in [0.4, 0.5) is 0 Å². The van der Waals surface area contributed by atoms with E-state index in [2.05, 4.69) is 106 Å². The summed E-state index contributed by atoms with van der Waals surface area (Å²) in [5.74, 6) is -2.06. The number of Topliss-reactive ketones (excluding diaryl/α,β-unsaturated/α-hetero) is 1. The molecule has 0 spiro atoms. The number of carbonyl (C=O) groups excluding carboxylic acids is 4. The summed E-state index contributed by atoms with van der Waals surface area (Å²) in [4.78, 5) is 80.1. The standard InChI is InChI=1S/C77H110N30O28/c1-58(108)59-50-63(124-20-3-88-76(110)60-52-65(126-22-10-95-104-83)71(132-25-13-98-107-86)66(53-60)127-23-11-96-105-84)72(64(51-59)125-21-4-89-77(111)61-54-67(128-24-12-97-106-85)73(134-48-42-122-36-30-116-18-8-93-102-81)68(55-61)129-44-38-118-33-27-113-15-5-90-99-78)133-47-41-121-32-26-112-14-2-87-75(109)62-56-69(130-45-39-119-34-28-114-16-6-91-100-79)74(135-49-43-123-37-31-117-19-9-94-103-82)70(57-62)131-46-40-120-35-29-115-17-7-92-101-80/h50-57H,2-49H2,1H3,(H,87,109)(H,88,110)(H,89,111). The summed E-state index contributed by atoms with van der Waals surface area (Å²) in [7, 11) is 0. The first-order valence-corrected chi connectivity index (χ1v) is 42.0. The van der Waals surface area contributed by atoms with E-state index in [4.69, 9.17) is 163 Å². The third-order valence-corrected chi connectivity index (χ3v) is 16.2. The third kappa shape index (κ3) is 53.2. The predicted molar refractivity (Wildman–Crippen MR) is 475 cm³/mol. The van der Waals surface area contributed by atoms with E-state index < -0.39 is 23.5 Å². The second-order valence-electron chi connectivity index (χ2n) is 25.7. The van der Waals surface area contributed by atoms with Crippen LogP contribution in [0.1, 0.15) is 48.4 Å². The van der Waals surface area contributed by atoms with Gasteiger partial charge in [-0.3, -0.25) is 19.2 Å². The van der Waals surface area contributed by atoms with Crippen LogP contribution in [0.15, 0.2) is 94.6 Å². The summed E-state index contributed by atoms with van der Waals surface area (Å²) in [5, 5.41) is 39.5. The van der Waals surface area contributed by atoms with Crippen LogP contribution in [-0.4, -0.2) is 340 Å². The quantitative estimate of drug-likeness (QED) is 0.0121. The van der Waals surface area contributed by atoms with Gasteiger partial charge in [0.2, 0.25) is 23.0 Å². The Morgan fingerprint density at radius 3 is 0.585 bits per heavy atom. The van der Waals surface area contributed by atoms with Gasteiger partial charge in [-0.1, -0.05) is 46.0 Å². The lowest BCUT2D eigenvalue weighted by Crippen LogP contribution is -2.29. The number of rotatable bonds is 88. The number of carbonyl (C=O) groups is 4. The summed E-state index contributed by atoms with van der Waals surface area (Å²) in [6.45, 7) is 2.86. The van der Waals surface area contributed by atoms with Crippen molar-refractivity contribution in [1.82, 2.24) is 16.0 Å². The van der Waals surface area contributed by atoms with Crippen molar-refractivity contribution < 1.29 is 133 Å². The zero-order valence-corrected chi connectivity index (χ0v) is 74.6. The average Bonchev–Trinajstić information content (AvgIpc) is 0.830. The van der Waals surface area contributed by atoms with E-state index in [-0.39, 0.29) is 408 Å². The molecule has 0 unspecified atom stereocenters. The van der Waals surface area contributed by atoms with E-state index >= 15 is 0 Å². The molecule has 0 saturated heterocycles. The van der Waals surface area contributed by atoms with Crippen molar-refractivity contribution in [3.63, 3.8) is 0 Å². The van der Waals surface area contributed by atoms with Gasteiger partial charge < -0.3 is 130 Å². The van der Waals surface area contributed by atoms with Gasteiger partial charge in [0.25, 0.3) is 17.7 Å². The van der Waals surface area contributed by atoms with Crippen molar-refractivity contribution in [2.24, 2.45) is 46.0 Å². The minimum atomic E-state index is -0.688. The molecule has 0 saturated carbocycles. The van der Waals surface area contributed by atoms with Gasteiger partial charge in [-0.2, -0.15) is 0 Å². The second kappa shape index (κ2) is 78.5. The van der Waals surface area contributed by atoms with Gasteiger partial charge in [-0.15, -0.1) is 0 Å². The maximum atomic E-state index is 14.3. The van der Waals surface area contributed by atoms with Crippen LogP contribution in [0.2, 0.25) is 0 Å². The van der Waals surface area contributed by atoms with Crippen molar-refractivity contribution in [2.45, 2.75) is 6.92 Å². The number of ether oxygens (including phenoxy) is 24. The molecule has 0 radical (unpaired) electrons. The minimum Gasteiger partial charge on any atom is -0.489 e. The highest BCUT2D eigenvalue weighted by molar-refractivity contribution is 5.97. The smallest absolute Gasteiger partial charge is 0.251 e. The van der Waals surface area contributed by atoms with Crippen molar-refractivity contribution in [3.8, 4) is 69.0 Å². The lowest BCUT2D eigenvalue weighted by atomic mass is 10.1. The number of azide groups is 9. The van der Waals surface area contributed by atoms with E-state index in [0.717, 1.165) is 0 Å². The Balaban J connectivity index is 1.60. The van der Waals surface area contributed by atoms with Crippen LogP contribution in [-0.2, 0) is 56.8 Å². The fraction of sp³-hybridized carbons (Fsp3) is 0.636. The van der Waals surface area contributed by atoms with E-state index in [9.17, 15) is 19.2 Å². The van der Waals surface area contributed by atoms with Gasteiger partial charge in [-0.05, 0) is 105 Å². The molecule has 0 bridgehead atoms. The largest absolute Gasteiger partial charge is 0.489 e. The number of benzene rings is 4. The number of nitrogens with zero attached hydrogens (tertiary/aromatic N) is 27. The molecule has 0 aliphatic carbocycles. The maximum Gasteiger partial charge on any atom is 0.251 e. The summed E-state index contributed by atoms with van der Waals surface area (Å²) >= 11 is 0. The molecule has 0 heterocycles. The molecule has 0 aromatic heterocycles. The van der Waals surface area contributed by atoms with Gasteiger partial charge in [0, 0.05) is 106 Å². The van der Waals surface area contributed by atoms with Crippen LogP contribution < -0.4 is 72.8 Å². The highest BCUT2D eigenvalue weighted by Crippen LogP contribution is 2.43. The highest BCUT2D eigenvalue weighted by atomic mass is 16.6. The van der Waals surface area contributed by atoms with Gasteiger partial charge in [0.1, 0.15) is 52.9 Å². The number of hydrogen-bond donors (Lipinski definition) is 3. The van der Waals surface area contributed by atoms with Crippen molar-refractivity contribution >= 4 is 23.5 Å². The third-order valence-electron chi connectivity index (χ3n) is 16.2. The Morgan fingerprint density at radius 2 is 0.363 bits per heavy atom. The van der Waals surface area contributed by atoms with Crippen LogP contribution in [0, 0.1) is 0 Å². The lowest BCUT2D eigenvalue weighted by molar-refractivity contribution is 0.0331. The van der Waals surface area contributed by atoms with Crippen molar-refractivity contribution in [3.05, 3.63) is 165 Å². The Kier molecular flexibility index (Phi) is 65.8. The second-order valence-corrected chi connectivity index (χ2v) is 25.7. The zero-order valence-electron chi connectivity index (χ0n) is 74.6. The van der Waals surface area contributed by atoms with E-state index in [0.29, 0.717) is 0 Å². The molecule has 58 heteroatoms. The van der Waals surface area contributed by atoms with Gasteiger partial charge in [0.15, 0.2) is 51.8 Å². The summed E-state index contributed by atoms with van der Waals surface area (Å²) in [5.41, 5.74) is 78.7. The molecule has 4 aromatic rings. The fourth-order valence-corrected chi connectivity index (χ4v) is 10.4. The molecule has 0 aliphatic rings. The molecule has 3 amide bonds. The van der Waals surface area contributed by atoms with E-state index in [1.807, 2.05) is 0 Å². The first kappa shape index (κ1) is 113. The van der Waals surface area contributed by atoms with E-state index in [1.165, 1.54) is 55.5 Å². The molecule has 58 nitrogen and oxygen atoms in total. The molecule has 0 fully saturated rings. The first-order valence-electron chi connectivity index (χ1n) is 42.0. The van der Waals surface area contributed by atoms with Crippen molar-refractivity contribution in [1.29, 1.82) is 0 Å². The van der Waals surface area contributed by atoms with Gasteiger partial charge in [-0.25, -0.2) is 0 Å². The Labute approximate surface area is 772 Å². The molecule has 135 heavy (non-hydrogen) atoms. The summed E-state index contributed by atoms with van der Waals surface area (Å²) in [6, 6.07) is 11.2. The number of hydrogen-bond acceptors (Lipinski definition) is 37. The number of amides is 3.